The van der Waals surface area contributed by atoms with Crippen molar-refractivity contribution in [3.8, 4) is 0 Å². The summed E-state index contributed by atoms with van der Waals surface area (Å²) in [5.41, 5.74) is 1.84. The van der Waals surface area contributed by atoms with E-state index in [1.54, 1.807) is 0 Å². The van der Waals surface area contributed by atoms with Crippen molar-refractivity contribution in [3.05, 3.63) is 30.1 Å². The molecule has 1 atom stereocenters. The van der Waals surface area contributed by atoms with Crippen LogP contribution < -0.4 is 5.32 Å². The molecule has 118 valence electrons. The van der Waals surface area contributed by atoms with Gasteiger partial charge in [-0.05, 0) is 25.0 Å². The zero-order chi connectivity index (χ0) is 15.6. The molecule has 1 aliphatic rings. The maximum atomic E-state index is 13.3. The number of imidazole rings is 1. The van der Waals surface area contributed by atoms with Gasteiger partial charge in [-0.3, -0.25) is 4.79 Å². The molecule has 1 aliphatic carbocycles. The lowest BCUT2D eigenvalue weighted by Crippen LogP contribution is -2.38. The van der Waals surface area contributed by atoms with E-state index in [0.29, 0.717) is 25.8 Å². The Balaban J connectivity index is 1.51. The minimum atomic E-state index is -2.70. The number of aromatic nitrogens is 2. The zero-order valence-corrected chi connectivity index (χ0v) is 12.2. The highest BCUT2D eigenvalue weighted by molar-refractivity contribution is 5.79. The van der Waals surface area contributed by atoms with E-state index in [4.69, 9.17) is 0 Å². The Morgan fingerprint density at radius 1 is 1.41 bits per heavy atom. The fraction of sp³-hybridized carbons (Fsp3) is 0.500. The third-order valence-corrected chi connectivity index (χ3v) is 4.11. The van der Waals surface area contributed by atoms with Crippen molar-refractivity contribution >= 4 is 16.9 Å². The third kappa shape index (κ3) is 3.43. The Bertz CT molecular complexity index is 635. The lowest BCUT2D eigenvalue weighted by atomic mass is 9.86. The molecule has 6 heteroatoms. The van der Waals surface area contributed by atoms with E-state index in [1.807, 2.05) is 24.3 Å². The van der Waals surface area contributed by atoms with Crippen molar-refractivity contribution in [1.82, 2.24) is 15.3 Å². The Kier molecular flexibility index (Phi) is 4.09. The van der Waals surface area contributed by atoms with Gasteiger partial charge in [-0.1, -0.05) is 12.1 Å². The quantitative estimate of drug-likeness (QED) is 0.912. The van der Waals surface area contributed by atoms with Crippen molar-refractivity contribution in [2.24, 2.45) is 5.92 Å². The van der Waals surface area contributed by atoms with Crippen LogP contribution in [-0.4, -0.2) is 28.3 Å². The van der Waals surface area contributed by atoms with Crippen molar-refractivity contribution in [1.29, 1.82) is 0 Å². The van der Waals surface area contributed by atoms with Crippen LogP contribution >= 0.6 is 0 Å². The summed E-state index contributed by atoms with van der Waals surface area (Å²) in [4.78, 5) is 19.6. The predicted molar refractivity (Wildman–Crippen MR) is 79.7 cm³/mol. The number of H-pyrrole nitrogens is 1. The van der Waals surface area contributed by atoms with Gasteiger partial charge >= 0.3 is 0 Å². The van der Waals surface area contributed by atoms with Crippen LogP contribution in [0.4, 0.5) is 8.78 Å². The molecule has 3 rings (SSSR count). The molecule has 0 saturated heterocycles. The first-order valence-electron chi connectivity index (χ1n) is 7.63. The molecule has 0 spiro atoms. The molecule has 1 saturated carbocycles. The number of carbonyl (C=O) groups is 1. The van der Waals surface area contributed by atoms with Crippen molar-refractivity contribution in [2.75, 3.05) is 6.54 Å². The molecule has 1 fully saturated rings. The maximum absolute atomic E-state index is 13.3. The smallest absolute Gasteiger partial charge is 0.248 e. The van der Waals surface area contributed by atoms with Gasteiger partial charge in [0.05, 0.1) is 11.0 Å². The van der Waals surface area contributed by atoms with Crippen LogP contribution in [-0.2, 0) is 11.2 Å². The van der Waals surface area contributed by atoms with E-state index in [2.05, 4.69) is 15.3 Å². The summed E-state index contributed by atoms with van der Waals surface area (Å²) in [5.74, 6) is -2.75. The fourth-order valence-corrected chi connectivity index (χ4v) is 2.97. The number of fused-ring (bicyclic) bond motifs is 1. The normalized spacial score (nSPS) is 20.9. The van der Waals surface area contributed by atoms with E-state index in [9.17, 15) is 13.6 Å². The lowest BCUT2D eigenvalue weighted by Gasteiger charge is -2.27. The number of para-hydroxylation sites is 2. The second-order valence-corrected chi connectivity index (χ2v) is 5.89. The third-order valence-electron chi connectivity index (χ3n) is 4.11. The molecule has 1 amide bonds. The number of rotatable bonds is 4. The van der Waals surface area contributed by atoms with Gasteiger partial charge in [-0.2, -0.15) is 0 Å². The van der Waals surface area contributed by atoms with E-state index < -0.39 is 11.8 Å². The van der Waals surface area contributed by atoms with Gasteiger partial charge in [0.15, 0.2) is 0 Å². The summed E-state index contributed by atoms with van der Waals surface area (Å²) in [5, 5.41) is 2.75. The summed E-state index contributed by atoms with van der Waals surface area (Å²) in [7, 11) is 0. The summed E-state index contributed by atoms with van der Waals surface area (Å²) in [6.45, 7) is 0.403. The molecule has 0 radical (unpaired) electrons. The number of carbonyl (C=O) groups excluding carboxylic acids is 1. The fourth-order valence-electron chi connectivity index (χ4n) is 2.97. The molecule has 0 aliphatic heterocycles. The number of hydrogen-bond donors (Lipinski definition) is 2. The summed E-state index contributed by atoms with van der Waals surface area (Å²) >= 11 is 0. The van der Waals surface area contributed by atoms with Gasteiger partial charge in [0, 0.05) is 31.7 Å². The van der Waals surface area contributed by atoms with Crippen LogP contribution in [0.5, 0.6) is 0 Å². The minimum absolute atomic E-state index is 0.101. The van der Waals surface area contributed by atoms with Crippen LogP contribution in [0.15, 0.2) is 24.3 Å². The summed E-state index contributed by atoms with van der Waals surface area (Å²) in [6, 6.07) is 7.69. The molecule has 0 bridgehead atoms. The van der Waals surface area contributed by atoms with Gasteiger partial charge in [0.25, 0.3) is 0 Å². The summed E-state index contributed by atoms with van der Waals surface area (Å²) in [6.07, 6.45) is 1.09. The Morgan fingerprint density at radius 3 is 3.00 bits per heavy atom. The molecule has 22 heavy (non-hydrogen) atoms. The molecule has 1 aromatic heterocycles. The SMILES string of the molecule is O=C(NCCc1nc2ccccc2[nH]1)C1CCCC(F)(F)C1. The highest BCUT2D eigenvalue weighted by Gasteiger charge is 2.38. The predicted octanol–water partition coefficient (Wildman–Crippen LogP) is 3.05. The topological polar surface area (TPSA) is 57.8 Å². The Hall–Kier alpha value is -1.98. The number of nitrogens with one attached hydrogen (secondary N) is 2. The van der Waals surface area contributed by atoms with Crippen LogP contribution in [0.3, 0.4) is 0 Å². The number of nitrogens with zero attached hydrogens (tertiary/aromatic N) is 1. The average molecular weight is 307 g/mol. The van der Waals surface area contributed by atoms with E-state index >= 15 is 0 Å². The standard InChI is InChI=1S/C16H19F2N3O/c17-16(18)8-3-4-11(10-16)15(22)19-9-7-14-20-12-5-1-2-6-13(12)21-14/h1-2,5-6,11H,3-4,7-10H2,(H,19,22)(H,20,21). The van der Waals surface area contributed by atoms with E-state index in [-0.39, 0.29) is 18.7 Å². The van der Waals surface area contributed by atoms with Gasteiger partial charge in [-0.15, -0.1) is 0 Å². The van der Waals surface area contributed by atoms with Gasteiger partial charge in [0.2, 0.25) is 11.8 Å². The van der Waals surface area contributed by atoms with Crippen LogP contribution in [0.1, 0.15) is 31.5 Å². The van der Waals surface area contributed by atoms with Gasteiger partial charge < -0.3 is 10.3 Å². The molecule has 1 unspecified atom stereocenters. The first-order chi connectivity index (χ1) is 10.5. The number of amides is 1. The molecule has 2 N–H and O–H groups in total. The van der Waals surface area contributed by atoms with Crippen LogP contribution in [0.2, 0.25) is 0 Å². The molecule has 2 aromatic rings. The zero-order valence-electron chi connectivity index (χ0n) is 12.2. The number of halogens is 2. The molecule has 1 aromatic carbocycles. The monoisotopic (exact) mass is 307 g/mol. The Labute approximate surface area is 127 Å². The number of hydrogen-bond acceptors (Lipinski definition) is 2. The first-order valence-corrected chi connectivity index (χ1v) is 7.63. The molecule has 1 heterocycles. The highest BCUT2D eigenvalue weighted by atomic mass is 19.3. The summed E-state index contributed by atoms with van der Waals surface area (Å²) < 4.78 is 26.7. The second-order valence-electron chi connectivity index (χ2n) is 5.89. The maximum Gasteiger partial charge on any atom is 0.248 e. The number of benzene rings is 1. The average Bonchev–Trinajstić information content (AvgIpc) is 2.88. The van der Waals surface area contributed by atoms with Crippen LogP contribution in [0, 0.1) is 5.92 Å². The molecular weight excluding hydrogens is 288 g/mol. The minimum Gasteiger partial charge on any atom is -0.355 e. The largest absolute Gasteiger partial charge is 0.355 e. The molecule has 4 nitrogen and oxygen atoms in total. The van der Waals surface area contributed by atoms with Crippen LogP contribution in [0.25, 0.3) is 11.0 Å². The van der Waals surface area contributed by atoms with Gasteiger partial charge in [-0.25, -0.2) is 13.8 Å². The van der Waals surface area contributed by atoms with Crippen molar-refractivity contribution in [3.63, 3.8) is 0 Å². The van der Waals surface area contributed by atoms with E-state index in [0.717, 1.165) is 16.9 Å². The first kappa shape index (κ1) is 14.9. The number of alkyl halides is 2. The van der Waals surface area contributed by atoms with Crippen molar-refractivity contribution < 1.29 is 13.6 Å². The van der Waals surface area contributed by atoms with Crippen molar-refractivity contribution in [2.45, 2.75) is 38.0 Å². The number of aromatic amines is 1. The highest BCUT2D eigenvalue weighted by Crippen LogP contribution is 2.36. The Morgan fingerprint density at radius 2 is 2.23 bits per heavy atom. The van der Waals surface area contributed by atoms with E-state index in [1.165, 1.54) is 0 Å². The van der Waals surface area contributed by atoms with Gasteiger partial charge in [0.1, 0.15) is 5.82 Å². The molecular formula is C16H19F2N3O. The lowest BCUT2D eigenvalue weighted by molar-refractivity contribution is -0.132. The second kappa shape index (κ2) is 6.02.